The third-order valence-corrected chi connectivity index (χ3v) is 12.4. The summed E-state index contributed by atoms with van der Waals surface area (Å²) in [5, 5.41) is 0. The average molecular weight is 559 g/mol. The van der Waals surface area contributed by atoms with E-state index < -0.39 is 5.60 Å². The fourth-order valence-electron chi connectivity index (χ4n) is 11.0. The molecule has 16 unspecified atom stereocenters. The van der Waals surface area contributed by atoms with E-state index in [4.69, 9.17) is 23.7 Å². The van der Waals surface area contributed by atoms with E-state index in [2.05, 4.69) is 13.8 Å². The molecule has 0 amide bonds. The summed E-state index contributed by atoms with van der Waals surface area (Å²) in [6, 6.07) is 0. The Kier molecular flexibility index (Phi) is 7.06. The Hall–Kier alpha value is -1.18. The third kappa shape index (κ3) is 4.56. The van der Waals surface area contributed by atoms with Gasteiger partial charge in [0.2, 0.25) is 0 Å². The van der Waals surface area contributed by atoms with Crippen LogP contribution in [0.5, 0.6) is 0 Å². The lowest BCUT2D eigenvalue weighted by molar-refractivity contribution is -0.223. The maximum atomic E-state index is 13.0. The monoisotopic (exact) mass is 558 g/mol. The van der Waals surface area contributed by atoms with Crippen LogP contribution >= 0.6 is 0 Å². The molecule has 224 valence electrons. The van der Waals surface area contributed by atoms with Crippen molar-refractivity contribution in [3.05, 3.63) is 0 Å². The first kappa shape index (κ1) is 27.6. The molecular weight excluding hydrogens is 508 g/mol. The Morgan fingerprint density at radius 1 is 0.775 bits per heavy atom. The Balaban J connectivity index is 1.05. The predicted octanol–water partition coefficient (Wildman–Crippen LogP) is 5.18. The van der Waals surface area contributed by atoms with Crippen LogP contribution in [0.15, 0.2) is 0 Å². The number of rotatable bonds is 5. The van der Waals surface area contributed by atoms with Crippen LogP contribution in [0.25, 0.3) is 0 Å². The van der Waals surface area contributed by atoms with E-state index in [9.17, 15) is 9.59 Å². The summed E-state index contributed by atoms with van der Waals surface area (Å²) >= 11 is 0. The van der Waals surface area contributed by atoms with Gasteiger partial charge in [-0.2, -0.15) is 0 Å². The Morgan fingerprint density at radius 3 is 2.27 bits per heavy atom. The van der Waals surface area contributed by atoms with E-state index in [1.54, 1.807) is 0 Å². The number of ether oxygens (including phenoxy) is 5. The Morgan fingerprint density at radius 2 is 1.50 bits per heavy atom. The van der Waals surface area contributed by atoms with E-state index in [0.29, 0.717) is 53.8 Å². The molecule has 4 bridgehead atoms. The molecule has 3 aliphatic heterocycles. The first-order valence-electron chi connectivity index (χ1n) is 16.4. The van der Waals surface area contributed by atoms with Gasteiger partial charge in [-0.25, -0.2) is 0 Å². The third-order valence-electron chi connectivity index (χ3n) is 12.4. The standard InChI is InChI=1S/C33H50O7/c1-16-9-22-19-12-26(27(13-19)37-15-34)31(22)39-28(16)20-7-6-8-36-29(20)21-14-23-18-10-24(30(23)38-17(21)2)25(11-18)32(35)40-33(3,4)5/h15-31H,6-14H2,1-5H3. The van der Waals surface area contributed by atoms with E-state index in [-0.39, 0.29) is 54.4 Å². The second-order valence-electron chi connectivity index (χ2n) is 15.7. The number of carbonyl (C=O) groups excluding carboxylic acids is 2. The van der Waals surface area contributed by atoms with Crippen molar-refractivity contribution in [2.75, 3.05) is 6.61 Å². The minimum Gasteiger partial charge on any atom is -0.464 e. The van der Waals surface area contributed by atoms with E-state index in [0.717, 1.165) is 51.6 Å². The largest absolute Gasteiger partial charge is 0.464 e. The quantitative estimate of drug-likeness (QED) is 0.340. The summed E-state index contributed by atoms with van der Waals surface area (Å²) in [7, 11) is 0. The van der Waals surface area contributed by atoms with Crippen LogP contribution in [0.1, 0.15) is 86.0 Å². The lowest BCUT2D eigenvalue weighted by Crippen LogP contribution is -2.56. The van der Waals surface area contributed by atoms with Gasteiger partial charge >= 0.3 is 5.97 Å². The van der Waals surface area contributed by atoms with Crippen molar-refractivity contribution in [3.63, 3.8) is 0 Å². The lowest BCUT2D eigenvalue weighted by Gasteiger charge is -2.52. The molecule has 0 aromatic carbocycles. The van der Waals surface area contributed by atoms with Gasteiger partial charge in [-0.15, -0.1) is 0 Å². The summed E-state index contributed by atoms with van der Waals surface area (Å²) in [6.45, 7) is 11.9. The molecule has 40 heavy (non-hydrogen) atoms. The molecule has 0 aromatic heterocycles. The predicted molar refractivity (Wildman–Crippen MR) is 147 cm³/mol. The minimum atomic E-state index is -0.448. The van der Waals surface area contributed by atoms with Crippen LogP contribution in [0, 0.1) is 59.2 Å². The summed E-state index contributed by atoms with van der Waals surface area (Å²) < 4.78 is 31.9. The van der Waals surface area contributed by atoms with Crippen LogP contribution in [-0.2, 0) is 33.3 Å². The van der Waals surface area contributed by atoms with Crippen molar-refractivity contribution in [2.45, 2.75) is 128 Å². The van der Waals surface area contributed by atoms with E-state index >= 15 is 0 Å². The van der Waals surface area contributed by atoms with Gasteiger partial charge in [-0.05, 0) is 115 Å². The summed E-state index contributed by atoms with van der Waals surface area (Å²) in [4.78, 5) is 24.1. The van der Waals surface area contributed by atoms with Crippen LogP contribution in [0.4, 0.5) is 0 Å². The molecule has 7 heteroatoms. The minimum absolute atomic E-state index is 0.0221. The molecule has 7 fully saturated rings. The normalized spacial score (nSPS) is 53.1. The van der Waals surface area contributed by atoms with Crippen molar-refractivity contribution in [1.29, 1.82) is 0 Å². The van der Waals surface area contributed by atoms with Gasteiger partial charge in [0.25, 0.3) is 6.47 Å². The first-order chi connectivity index (χ1) is 19.1. The van der Waals surface area contributed by atoms with Crippen LogP contribution in [0.3, 0.4) is 0 Å². The SMILES string of the molecule is CC1CC2C3CC(OC=O)C(C3)C2OC1C1CCCOC1C1CC2C3CC(C(=O)OC(C)(C)C)C(C3)C2OC1C. The van der Waals surface area contributed by atoms with Crippen molar-refractivity contribution in [1.82, 2.24) is 0 Å². The van der Waals surface area contributed by atoms with Gasteiger partial charge in [0.15, 0.2) is 0 Å². The molecule has 3 heterocycles. The van der Waals surface area contributed by atoms with Crippen LogP contribution in [0.2, 0.25) is 0 Å². The van der Waals surface area contributed by atoms with Gasteiger partial charge in [0.1, 0.15) is 11.7 Å². The lowest BCUT2D eigenvalue weighted by atomic mass is 9.67. The topological polar surface area (TPSA) is 80.3 Å². The van der Waals surface area contributed by atoms with E-state index in [1.807, 2.05) is 20.8 Å². The van der Waals surface area contributed by atoms with Crippen molar-refractivity contribution in [3.8, 4) is 0 Å². The number of hydrogen-bond acceptors (Lipinski definition) is 7. The number of carbonyl (C=O) groups is 2. The highest BCUT2D eigenvalue weighted by Gasteiger charge is 2.61. The molecule has 0 N–H and O–H groups in total. The number of fused-ring (bicyclic) bond motifs is 10. The van der Waals surface area contributed by atoms with Crippen molar-refractivity contribution < 1.29 is 33.3 Å². The fraction of sp³-hybridized carbons (Fsp3) is 0.939. The molecule has 7 rings (SSSR count). The second kappa shape index (κ2) is 10.2. The average Bonchev–Trinajstić information content (AvgIpc) is 3.67. The highest BCUT2D eigenvalue weighted by atomic mass is 16.6. The zero-order valence-corrected chi connectivity index (χ0v) is 25.0. The van der Waals surface area contributed by atoms with Crippen LogP contribution in [-0.4, -0.2) is 61.3 Å². The Bertz CT molecular complexity index is 976. The summed E-state index contributed by atoms with van der Waals surface area (Å²) in [5.41, 5.74) is -0.448. The molecule has 4 saturated carbocycles. The molecule has 3 saturated heterocycles. The molecule has 0 radical (unpaired) electrons. The zero-order chi connectivity index (χ0) is 27.9. The molecule has 7 aliphatic rings. The highest BCUT2D eigenvalue weighted by Crippen LogP contribution is 2.60. The van der Waals surface area contributed by atoms with Crippen molar-refractivity contribution in [2.24, 2.45) is 59.2 Å². The van der Waals surface area contributed by atoms with E-state index in [1.165, 1.54) is 6.42 Å². The van der Waals surface area contributed by atoms with Crippen LogP contribution < -0.4 is 0 Å². The van der Waals surface area contributed by atoms with Gasteiger partial charge in [0, 0.05) is 24.4 Å². The smallest absolute Gasteiger partial charge is 0.309 e. The highest BCUT2D eigenvalue weighted by molar-refractivity contribution is 5.74. The van der Waals surface area contributed by atoms with Crippen molar-refractivity contribution >= 4 is 12.4 Å². The summed E-state index contributed by atoms with van der Waals surface area (Å²) in [6.07, 6.45) is 9.60. The number of hydrogen-bond donors (Lipinski definition) is 0. The second-order valence-corrected chi connectivity index (χ2v) is 15.7. The maximum absolute atomic E-state index is 13.0. The van der Waals surface area contributed by atoms with Gasteiger partial charge in [-0.1, -0.05) is 6.92 Å². The zero-order valence-electron chi connectivity index (χ0n) is 25.0. The first-order valence-corrected chi connectivity index (χ1v) is 16.4. The molecule has 0 aromatic rings. The fourth-order valence-corrected chi connectivity index (χ4v) is 11.0. The summed E-state index contributed by atoms with van der Waals surface area (Å²) in [5.74, 6) is 4.10. The maximum Gasteiger partial charge on any atom is 0.309 e. The molecule has 7 nitrogen and oxygen atoms in total. The Labute approximate surface area is 239 Å². The molecule has 4 aliphatic carbocycles. The molecule has 0 spiro atoms. The van der Waals surface area contributed by atoms with Gasteiger partial charge in [0.05, 0.1) is 36.4 Å². The number of esters is 1. The van der Waals surface area contributed by atoms with Gasteiger partial charge in [-0.3, -0.25) is 9.59 Å². The van der Waals surface area contributed by atoms with Gasteiger partial charge < -0.3 is 23.7 Å². The molecular formula is C33H50O7. The molecule has 16 atom stereocenters.